The molecule has 108 valence electrons. The molecule has 2 aromatic rings. The van der Waals surface area contributed by atoms with E-state index in [4.69, 9.17) is 10.00 Å². The minimum Gasteiger partial charge on any atom is -0.453 e. The third kappa shape index (κ3) is 3.20. The molecule has 1 atom stereocenters. The fourth-order valence-electron chi connectivity index (χ4n) is 1.76. The van der Waals surface area contributed by atoms with Gasteiger partial charge in [0.05, 0.1) is 24.0 Å². The molecule has 6 nitrogen and oxygen atoms in total. The number of hydrogen-bond acceptors (Lipinski definition) is 4. The van der Waals surface area contributed by atoms with Crippen LogP contribution in [0.5, 0.6) is 11.5 Å². The Kier molecular flexibility index (Phi) is 4.24. The minimum absolute atomic E-state index is 0.261. The molecule has 21 heavy (non-hydrogen) atoms. The predicted molar refractivity (Wildman–Crippen MR) is 76.9 cm³/mol. The maximum Gasteiger partial charge on any atom is 0.258 e. The highest BCUT2D eigenvalue weighted by Gasteiger charge is 2.20. The average molecular weight is 284 g/mol. The van der Waals surface area contributed by atoms with Crippen molar-refractivity contribution in [3.05, 3.63) is 42.2 Å². The second-order valence-electron chi connectivity index (χ2n) is 4.67. The summed E-state index contributed by atoms with van der Waals surface area (Å²) in [5, 5.41) is 12.9. The van der Waals surface area contributed by atoms with Gasteiger partial charge in [0.15, 0.2) is 5.75 Å². The third-order valence-electron chi connectivity index (χ3n) is 3.11. The van der Waals surface area contributed by atoms with Crippen LogP contribution in [0.1, 0.15) is 17.3 Å². The molecule has 0 saturated heterocycles. The van der Waals surface area contributed by atoms with Gasteiger partial charge < -0.3 is 9.64 Å². The normalized spacial score (nSPS) is 11.5. The van der Waals surface area contributed by atoms with Crippen molar-refractivity contribution in [1.82, 2.24) is 14.7 Å². The fourth-order valence-corrected chi connectivity index (χ4v) is 1.76. The number of carbonyl (C=O) groups is 1. The van der Waals surface area contributed by atoms with Crippen molar-refractivity contribution in [2.45, 2.75) is 13.0 Å². The average Bonchev–Trinajstić information content (AvgIpc) is 2.90. The Balaban J connectivity index is 2.28. The van der Waals surface area contributed by atoms with Crippen molar-refractivity contribution in [2.75, 3.05) is 7.05 Å². The summed E-state index contributed by atoms with van der Waals surface area (Å²) in [4.78, 5) is 13.8. The van der Waals surface area contributed by atoms with Gasteiger partial charge in [0.1, 0.15) is 11.8 Å². The van der Waals surface area contributed by atoms with Crippen LogP contribution in [0.2, 0.25) is 0 Å². The lowest BCUT2D eigenvalue weighted by Gasteiger charge is -2.20. The van der Waals surface area contributed by atoms with Gasteiger partial charge in [0.2, 0.25) is 0 Å². The summed E-state index contributed by atoms with van der Waals surface area (Å²) < 4.78 is 7.32. The summed E-state index contributed by atoms with van der Waals surface area (Å²) >= 11 is 0. The quantitative estimate of drug-likeness (QED) is 0.863. The maximum absolute atomic E-state index is 12.4. The molecular formula is C15H16N4O2. The van der Waals surface area contributed by atoms with E-state index >= 15 is 0 Å². The second-order valence-corrected chi connectivity index (χ2v) is 4.67. The number of aromatic nitrogens is 2. The highest BCUT2D eigenvalue weighted by atomic mass is 16.5. The molecular weight excluding hydrogens is 268 g/mol. The Morgan fingerprint density at radius 2 is 2.19 bits per heavy atom. The van der Waals surface area contributed by atoms with E-state index in [1.807, 2.05) is 6.07 Å². The third-order valence-corrected chi connectivity index (χ3v) is 3.11. The van der Waals surface area contributed by atoms with Crippen LogP contribution in [0.4, 0.5) is 0 Å². The Morgan fingerprint density at radius 1 is 1.48 bits per heavy atom. The molecule has 1 heterocycles. The van der Waals surface area contributed by atoms with Crippen molar-refractivity contribution >= 4 is 5.91 Å². The van der Waals surface area contributed by atoms with Crippen molar-refractivity contribution in [3.63, 3.8) is 0 Å². The number of carbonyl (C=O) groups excluding carboxylic acids is 1. The number of hydrogen-bond donors (Lipinski definition) is 0. The van der Waals surface area contributed by atoms with Crippen LogP contribution >= 0.6 is 0 Å². The number of rotatable bonds is 4. The number of nitrogens with zero attached hydrogens (tertiary/aromatic N) is 4. The number of para-hydroxylation sites is 1. The first kappa shape index (κ1) is 14.6. The number of benzene rings is 1. The number of nitriles is 1. The monoisotopic (exact) mass is 284 g/mol. The van der Waals surface area contributed by atoms with Crippen molar-refractivity contribution in [3.8, 4) is 17.6 Å². The highest BCUT2D eigenvalue weighted by Crippen LogP contribution is 2.26. The van der Waals surface area contributed by atoms with Crippen LogP contribution in [-0.4, -0.2) is 33.7 Å². The lowest BCUT2D eigenvalue weighted by Crippen LogP contribution is -2.34. The van der Waals surface area contributed by atoms with Crippen molar-refractivity contribution in [2.24, 2.45) is 7.05 Å². The van der Waals surface area contributed by atoms with Gasteiger partial charge in [0.25, 0.3) is 5.91 Å². The Morgan fingerprint density at radius 3 is 2.81 bits per heavy atom. The molecule has 0 spiro atoms. The van der Waals surface area contributed by atoms with Gasteiger partial charge in [-0.3, -0.25) is 9.48 Å². The van der Waals surface area contributed by atoms with E-state index in [1.165, 1.54) is 4.90 Å². The van der Waals surface area contributed by atoms with Crippen molar-refractivity contribution < 1.29 is 9.53 Å². The molecule has 0 aliphatic heterocycles. The molecule has 0 radical (unpaired) electrons. The summed E-state index contributed by atoms with van der Waals surface area (Å²) in [6.45, 7) is 1.67. The van der Waals surface area contributed by atoms with E-state index in [9.17, 15) is 4.79 Å². The van der Waals surface area contributed by atoms with Gasteiger partial charge >= 0.3 is 0 Å². The summed E-state index contributed by atoms with van der Waals surface area (Å²) in [5.41, 5.74) is 0.408. The molecule has 0 bridgehead atoms. The Hall–Kier alpha value is -2.81. The summed E-state index contributed by atoms with van der Waals surface area (Å²) in [7, 11) is 3.38. The van der Waals surface area contributed by atoms with Crippen LogP contribution in [0, 0.1) is 11.3 Å². The Labute approximate surface area is 123 Å². The molecule has 0 aliphatic rings. The SMILES string of the molecule is CC(C#N)N(C)C(=O)c1ccccc1Oc1cnn(C)c1. The molecule has 0 fully saturated rings. The fraction of sp³-hybridized carbons (Fsp3) is 0.267. The standard InChI is InChI=1S/C15H16N4O2/c1-11(8-16)19(3)15(20)13-6-4-5-7-14(13)21-12-9-17-18(2)10-12/h4-7,9-11H,1-3H3. The first-order chi connectivity index (χ1) is 10.0. The van der Waals surface area contributed by atoms with Crippen LogP contribution in [0.15, 0.2) is 36.7 Å². The van der Waals surface area contributed by atoms with Gasteiger partial charge in [0, 0.05) is 14.1 Å². The van der Waals surface area contributed by atoms with Crippen LogP contribution < -0.4 is 4.74 Å². The zero-order valence-electron chi connectivity index (χ0n) is 12.1. The first-order valence-corrected chi connectivity index (χ1v) is 6.45. The number of ether oxygens (including phenoxy) is 1. The van der Waals surface area contributed by atoms with Crippen molar-refractivity contribution in [1.29, 1.82) is 5.26 Å². The lowest BCUT2D eigenvalue weighted by atomic mass is 10.1. The van der Waals surface area contributed by atoms with E-state index in [-0.39, 0.29) is 5.91 Å². The molecule has 6 heteroatoms. The summed E-state index contributed by atoms with van der Waals surface area (Å²) in [6, 6.07) is 8.46. The van der Waals surface area contributed by atoms with E-state index in [2.05, 4.69) is 5.10 Å². The highest BCUT2D eigenvalue weighted by molar-refractivity contribution is 5.97. The first-order valence-electron chi connectivity index (χ1n) is 6.45. The molecule has 2 rings (SSSR count). The molecule has 0 aliphatic carbocycles. The van der Waals surface area contributed by atoms with Crippen LogP contribution in [0.3, 0.4) is 0 Å². The summed E-state index contributed by atoms with van der Waals surface area (Å²) in [5.74, 6) is 0.727. The Bertz CT molecular complexity index is 687. The summed E-state index contributed by atoms with van der Waals surface area (Å²) in [6.07, 6.45) is 3.28. The molecule has 1 amide bonds. The maximum atomic E-state index is 12.4. The van der Waals surface area contributed by atoms with Gasteiger partial charge in [-0.2, -0.15) is 10.4 Å². The molecule has 1 aromatic heterocycles. The molecule has 1 unspecified atom stereocenters. The predicted octanol–water partition coefficient (Wildman–Crippen LogP) is 2.20. The zero-order valence-corrected chi connectivity index (χ0v) is 12.1. The molecule has 1 aromatic carbocycles. The van der Waals surface area contributed by atoms with Gasteiger partial charge in [-0.25, -0.2) is 0 Å². The van der Waals surface area contributed by atoms with E-state index in [0.29, 0.717) is 17.1 Å². The zero-order chi connectivity index (χ0) is 15.4. The number of aryl methyl sites for hydroxylation is 1. The second kappa shape index (κ2) is 6.09. The minimum atomic E-state index is -0.510. The lowest BCUT2D eigenvalue weighted by molar-refractivity contribution is 0.0770. The molecule has 0 N–H and O–H groups in total. The van der Waals surface area contributed by atoms with Gasteiger partial charge in [-0.15, -0.1) is 0 Å². The largest absolute Gasteiger partial charge is 0.453 e. The number of amides is 1. The van der Waals surface area contributed by atoms with Gasteiger partial charge in [-0.1, -0.05) is 12.1 Å². The van der Waals surface area contributed by atoms with Crippen LogP contribution in [0.25, 0.3) is 0 Å². The smallest absolute Gasteiger partial charge is 0.258 e. The van der Waals surface area contributed by atoms with E-state index in [0.717, 1.165) is 0 Å². The van der Waals surface area contributed by atoms with E-state index < -0.39 is 6.04 Å². The van der Waals surface area contributed by atoms with Gasteiger partial charge in [-0.05, 0) is 19.1 Å². The van der Waals surface area contributed by atoms with E-state index in [1.54, 1.807) is 62.4 Å². The topological polar surface area (TPSA) is 71.2 Å². The molecule has 0 saturated carbocycles. The van der Waals surface area contributed by atoms with Crippen LogP contribution in [-0.2, 0) is 7.05 Å².